The first-order valence-electron chi connectivity index (χ1n) is 10.0. The van der Waals surface area contributed by atoms with Gasteiger partial charge < -0.3 is 14.8 Å². The monoisotopic (exact) mass is 398 g/mol. The van der Waals surface area contributed by atoms with Gasteiger partial charge in [0, 0.05) is 69.4 Å². The van der Waals surface area contributed by atoms with Gasteiger partial charge in [-0.05, 0) is 25.3 Å². The minimum absolute atomic E-state index is 0.0729. The SMILES string of the molecule is Cn1nc(C(=O)N2CCC[C@@]3(CCC(=O)N(CCc4cnc[nH]4)C3)C2)ccc1=O. The molecule has 2 aliphatic rings. The molecule has 0 unspecified atom stereocenters. The zero-order valence-electron chi connectivity index (χ0n) is 16.6. The summed E-state index contributed by atoms with van der Waals surface area (Å²) in [5.74, 6) is 0.0268. The quantitative estimate of drug-likeness (QED) is 0.812. The standard InChI is InChI=1S/C20H26N6O3/c1-24-17(27)4-3-16(23-24)19(29)26-9-2-7-20(13-26)8-5-18(28)25(12-20)10-6-15-11-21-14-22-15/h3-4,11,14H,2,5-10,12-13H2,1H3,(H,21,22)/t20-/m0/s1. The molecule has 154 valence electrons. The van der Waals surface area contributed by atoms with Crippen molar-refractivity contribution in [2.45, 2.75) is 32.1 Å². The Labute approximate surface area is 168 Å². The van der Waals surface area contributed by atoms with Crippen molar-refractivity contribution in [3.63, 3.8) is 0 Å². The van der Waals surface area contributed by atoms with Crippen molar-refractivity contribution >= 4 is 11.8 Å². The van der Waals surface area contributed by atoms with Crippen LogP contribution in [0.25, 0.3) is 0 Å². The number of aryl methyl sites for hydroxylation is 1. The Kier molecular flexibility index (Phi) is 5.21. The molecule has 0 bridgehead atoms. The highest BCUT2D eigenvalue weighted by atomic mass is 16.2. The van der Waals surface area contributed by atoms with Gasteiger partial charge in [-0.15, -0.1) is 0 Å². The number of aromatic nitrogens is 4. The second kappa shape index (κ2) is 7.81. The lowest BCUT2D eigenvalue weighted by atomic mass is 9.73. The number of hydrogen-bond donors (Lipinski definition) is 1. The summed E-state index contributed by atoms with van der Waals surface area (Å²) >= 11 is 0. The van der Waals surface area contributed by atoms with Crippen LogP contribution in [0.3, 0.4) is 0 Å². The summed E-state index contributed by atoms with van der Waals surface area (Å²) in [4.78, 5) is 47.9. The molecule has 0 aliphatic carbocycles. The maximum Gasteiger partial charge on any atom is 0.274 e. The van der Waals surface area contributed by atoms with Crippen molar-refractivity contribution in [3.05, 3.63) is 46.4 Å². The molecule has 0 radical (unpaired) electrons. The molecule has 29 heavy (non-hydrogen) atoms. The smallest absolute Gasteiger partial charge is 0.274 e. The molecule has 9 nitrogen and oxygen atoms in total. The summed E-state index contributed by atoms with van der Waals surface area (Å²) in [5, 5.41) is 4.11. The number of hydrogen-bond acceptors (Lipinski definition) is 5. The van der Waals surface area contributed by atoms with Crippen LogP contribution in [0.4, 0.5) is 0 Å². The van der Waals surface area contributed by atoms with E-state index in [4.69, 9.17) is 0 Å². The Morgan fingerprint density at radius 3 is 2.86 bits per heavy atom. The Hall–Kier alpha value is -2.97. The minimum Gasteiger partial charge on any atom is -0.348 e. The van der Waals surface area contributed by atoms with E-state index in [0.717, 1.165) is 31.4 Å². The number of likely N-dealkylation sites (tertiary alicyclic amines) is 2. The minimum atomic E-state index is -0.240. The largest absolute Gasteiger partial charge is 0.348 e. The van der Waals surface area contributed by atoms with Crippen LogP contribution in [0.2, 0.25) is 0 Å². The summed E-state index contributed by atoms with van der Waals surface area (Å²) in [5.41, 5.74) is 0.984. The van der Waals surface area contributed by atoms with E-state index >= 15 is 0 Å². The second-order valence-corrected chi connectivity index (χ2v) is 8.15. The Balaban J connectivity index is 1.45. The molecular formula is C20H26N6O3. The lowest BCUT2D eigenvalue weighted by Crippen LogP contribution is -2.55. The maximum atomic E-state index is 13.0. The zero-order valence-corrected chi connectivity index (χ0v) is 16.6. The van der Waals surface area contributed by atoms with Crippen molar-refractivity contribution in [2.75, 3.05) is 26.2 Å². The number of imidazole rings is 1. The molecule has 1 N–H and O–H groups in total. The van der Waals surface area contributed by atoms with Gasteiger partial charge in [0.2, 0.25) is 5.91 Å². The highest BCUT2D eigenvalue weighted by Gasteiger charge is 2.42. The number of carbonyl (C=O) groups excluding carboxylic acids is 2. The Bertz CT molecular complexity index is 953. The molecule has 1 spiro atoms. The molecule has 2 aliphatic heterocycles. The van der Waals surface area contributed by atoms with E-state index in [1.165, 1.54) is 16.8 Å². The molecule has 2 fully saturated rings. The van der Waals surface area contributed by atoms with Gasteiger partial charge in [-0.25, -0.2) is 9.67 Å². The highest BCUT2D eigenvalue weighted by Crippen LogP contribution is 2.39. The van der Waals surface area contributed by atoms with Crippen molar-refractivity contribution in [1.82, 2.24) is 29.5 Å². The summed E-state index contributed by atoms with van der Waals surface area (Å²) in [6.45, 7) is 2.61. The Morgan fingerprint density at radius 1 is 1.24 bits per heavy atom. The number of nitrogens with zero attached hydrogens (tertiary/aromatic N) is 5. The van der Waals surface area contributed by atoms with Crippen LogP contribution in [0.5, 0.6) is 0 Å². The summed E-state index contributed by atoms with van der Waals surface area (Å²) in [7, 11) is 1.54. The molecule has 1 atom stereocenters. The number of H-pyrrole nitrogens is 1. The van der Waals surface area contributed by atoms with E-state index in [-0.39, 0.29) is 28.5 Å². The molecular weight excluding hydrogens is 372 g/mol. The van der Waals surface area contributed by atoms with Crippen LogP contribution in [0.15, 0.2) is 29.5 Å². The third-order valence-electron chi connectivity index (χ3n) is 6.08. The highest BCUT2D eigenvalue weighted by molar-refractivity contribution is 5.92. The van der Waals surface area contributed by atoms with Gasteiger partial charge in [0.25, 0.3) is 11.5 Å². The second-order valence-electron chi connectivity index (χ2n) is 8.15. The summed E-state index contributed by atoms with van der Waals surface area (Å²) in [6, 6.07) is 2.86. The number of nitrogens with one attached hydrogen (secondary N) is 1. The van der Waals surface area contributed by atoms with E-state index in [2.05, 4.69) is 15.1 Å². The van der Waals surface area contributed by atoms with Gasteiger partial charge in [-0.3, -0.25) is 14.4 Å². The molecule has 4 heterocycles. The van der Waals surface area contributed by atoms with E-state index < -0.39 is 0 Å². The van der Waals surface area contributed by atoms with Gasteiger partial charge >= 0.3 is 0 Å². The molecule has 2 aromatic rings. The molecule has 9 heteroatoms. The van der Waals surface area contributed by atoms with Crippen LogP contribution in [-0.4, -0.2) is 67.5 Å². The lowest BCUT2D eigenvalue weighted by molar-refractivity contribution is -0.138. The van der Waals surface area contributed by atoms with Crippen LogP contribution in [0.1, 0.15) is 41.9 Å². The maximum absolute atomic E-state index is 13.0. The number of amides is 2. The number of aromatic amines is 1. The Morgan fingerprint density at radius 2 is 2.10 bits per heavy atom. The molecule has 0 saturated carbocycles. The fourth-order valence-electron chi connectivity index (χ4n) is 4.48. The van der Waals surface area contributed by atoms with Gasteiger partial charge in [-0.2, -0.15) is 5.10 Å². The number of piperidine rings is 2. The van der Waals surface area contributed by atoms with E-state index in [1.807, 2.05) is 9.80 Å². The fraction of sp³-hybridized carbons (Fsp3) is 0.550. The average Bonchev–Trinajstić information content (AvgIpc) is 3.24. The van der Waals surface area contributed by atoms with Gasteiger partial charge in [0.15, 0.2) is 0 Å². The molecule has 2 saturated heterocycles. The predicted molar refractivity (Wildman–Crippen MR) is 105 cm³/mol. The summed E-state index contributed by atoms with van der Waals surface area (Å²) in [6.07, 6.45) is 7.40. The third kappa shape index (κ3) is 4.08. The molecule has 2 amide bonds. The molecule has 0 aromatic carbocycles. The first kappa shape index (κ1) is 19.4. The topological polar surface area (TPSA) is 104 Å². The number of rotatable bonds is 4. The zero-order chi connectivity index (χ0) is 20.4. The van der Waals surface area contributed by atoms with Crippen LogP contribution in [-0.2, 0) is 18.3 Å². The normalized spacial score (nSPS) is 22.3. The van der Waals surface area contributed by atoms with Crippen LogP contribution in [0, 0.1) is 5.41 Å². The first-order valence-corrected chi connectivity index (χ1v) is 10.0. The molecule has 2 aromatic heterocycles. The van der Waals surface area contributed by atoms with E-state index in [1.54, 1.807) is 19.6 Å². The third-order valence-corrected chi connectivity index (χ3v) is 6.08. The lowest BCUT2D eigenvalue weighted by Gasteiger charge is -2.48. The van der Waals surface area contributed by atoms with Crippen molar-refractivity contribution in [3.8, 4) is 0 Å². The van der Waals surface area contributed by atoms with E-state index in [9.17, 15) is 14.4 Å². The predicted octanol–water partition coefficient (Wildman–Crippen LogP) is 0.591. The van der Waals surface area contributed by atoms with Crippen molar-refractivity contribution in [2.24, 2.45) is 12.5 Å². The molecule has 4 rings (SSSR count). The van der Waals surface area contributed by atoms with Gasteiger partial charge in [0.1, 0.15) is 5.69 Å². The summed E-state index contributed by atoms with van der Waals surface area (Å²) < 4.78 is 1.18. The van der Waals surface area contributed by atoms with Crippen molar-refractivity contribution in [1.29, 1.82) is 0 Å². The van der Waals surface area contributed by atoms with Gasteiger partial charge in [-0.1, -0.05) is 0 Å². The number of carbonyl (C=O) groups is 2. The van der Waals surface area contributed by atoms with Crippen molar-refractivity contribution < 1.29 is 9.59 Å². The first-order chi connectivity index (χ1) is 14.0. The average molecular weight is 398 g/mol. The van der Waals surface area contributed by atoms with E-state index in [0.29, 0.717) is 32.6 Å². The van der Waals surface area contributed by atoms with Gasteiger partial charge in [0.05, 0.1) is 6.33 Å². The van der Waals surface area contributed by atoms with Crippen LogP contribution < -0.4 is 5.56 Å². The van der Waals surface area contributed by atoms with Crippen LogP contribution >= 0.6 is 0 Å². The fourth-order valence-corrected chi connectivity index (χ4v) is 4.48.